The fourth-order valence-corrected chi connectivity index (χ4v) is 2.67. The third-order valence-electron chi connectivity index (χ3n) is 2.14. The molecule has 0 saturated carbocycles. The Kier molecular flexibility index (Phi) is 5.23. The summed E-state index contributed by atoms with van der Waals surface area (Å²) in [5.74, 6) is 0.596. The van der Waals surface area contributed by atoms with Crippen molar-refractivity contribution in [1.82, 2.24) is 5.32 Å². The lowest BCUT2D eigenvalue weighted by Crippen LogP contribution is -2.24. The molecule has 1 heterocycles. The number of nitrogens with one attached hydrogen (secondary N) is 1. The van der Waals surface area contributed by atoms with Crippen LogP contribution in [0.5, 0.6) is 0 Å². The highest BCUT2D eigenvalue weighted by atomic mass is 32.2. The number of hydrogen-bond acceptors (Lipinski definition) is 3. The van der Waals surface area contributed by atoms with Gasteiger partial charge >= 0.3 is 5.97 Å². The zero-order valence-electron chi connectivity index (χ0n) is 7.79. The third-order valence-corrected chi connectivity index (χ3v) is 3.54. The number of aliphatic carboxylic acids is 1. The quantitative estimate of drug-likeness (QED) is 0.640. The molecular formula is C9H17NO2S. The van der Waals surface area contributed by atoms with Gasteiger partial charge in [0.2, 0.25) is 0 Å². The molecule has 0 amide bonds. The molecule has 1 aliphatic rings. The van der Waals surface area contributed by atoms with Crippen molar-refractivity contribution in [2.45, 2.75) is 30.9 Å². The molecule has 1 saturated heterocycles. The molecule has 0 aromatic carbocycles. The molecule has 2 N–H and O–H groups in total. The van der Waals surface area contributed by atoms with Gasteiger partial charge in [-0.05, 0) is 31.6 Å². The number of rotatable bonds is 6. The molecule has 13 heavy (non-hydrogen) atoms. The SMILES string of the molecule is O=C(O)CCCNCC1CCCS1. The molecule has 3 nitrogen and oxygen atoms in total. The molecule has 0 aromatic rings. The second kappa shape index (κ2) is 6.27. The maximum Gasteiger partial charge on any atom is 0.303 e. The molecule has 0 aliphatic carbocycles. The van der Waals surface area contributed by atoms with E-state index in [-0.39, 0.29) is 6.42 Å². The van der Waals surface area contributed by atoms with Crippen LogP contribution in [-0.4, -0.2) is 35.2 Å². The fourth-order valence-electron chi connectivity index (χ4n) is 1.43. The van der Waals surface area contributed by atoms with Crippen molar-refractivity contribution in [3.8, 4) is 0 Å². The smallest absolute Gasteiger partial charge is 0.303 e. The Hall–Kier alpha value is -0.220. The molecule has 1 rings (SSSR count). The van der Waals surface area contributed by atoms with Crippen molar-refractivity contribution in [2.24, 2.45) is 0 Å². The zero-order valence-corrected chi connectivity index (χ0v) is 8.61. The standard InChI is InChI=1S/C9H17NO2S/c11-9(12)4-1-5-10-7-8-3-2-6-13-8/h8,10H,1-7H2,(H,11,12). The maximum atomic E-state index is 10.2. The van der Waals surface area contributed by atoms with Crippen LogP contribution in [0.15, 0.2) is 0 Å². The van der Waals surface area contributed by atoms with E-state index >= 15 is 0 Å². The number of thioether (sulfide) groups is 1. The average Bonchev–Trinajstić information content (AvgIpc) is 2.55. The van der Waals surface area contributed by atoms with Gasteiger partial charge in [-0.25, -0.2) is 0 Å². The van der Waals surface area contributed by atoms with Crippen molar-refractivity contribution in [3.05, 3.63) is 0 Å². The van der Waals surface area contributed by atoms with Gasteiger partial charge in [-0.2, -0.15) is 11.8 Å². The minimum Gasteiger partial charge on any atom is -0.481 e. The Morgan fingerprint density at radius 2 is 2.46 bits per heavy atom. The van der Waals surface area contributed by atoms with Gasteiger partial charge in [0.1, 0.15) is 0 Å². The number of carbonyl (C=O) groups is 1. The first kappa shape index (κ1) is 10.9. The van der Waals surface area contributed by atoms with E-state index in [0.29, 0.717) is 0 Å². The van der Waals surface area contributed by atoms with Crippen LogP contribution in [0.25, 0.3) is 0 Å². The molecular weight excluding hydrogens is 186 g/mol. The molecule has 1 atom stereocenters. The van der Waals surface area contributed by atoms with Crippen LogP contribution < -0.4 is 5.32 Å². The summed E-state index contributed by atoms with van der Waals surface area (Å²) in [4.78, 5) is 10.2. The van der Waals surface area contributed by atoms with Crippen molar-refractivity contribution in [1.29, 1.82) is 0 Å². The van der Waals surface area contributed by atoms with E-state index in [4.69, 9.17) is 5.11 Å². The monoisotopic (exact) mass is 203 g/mol. The molecule has 4 heteroatoms. The summed E-state index contributed by atoms with van der Waals surface area (Å²) in [6.45, 7) is 1.88. The van der Waals surface area contributed by atoms with E-state index in [1.165, 1.54) is 18.6 Å². The molecule has 1 unspecified atom stereocenters. The second-order valence-corrected chi connectivity index (χ2v) is 4.74. The van der Waals surface area contributed by atoms with Crippen LogP contribution >= 0.6 is 11.8 Å². The third kappa shape index (κ3) is 5.16. The molecule has 0 bridgehead atoms. The first-order valence-corrected chi connectivity index (χ1v) is 5.88. The summed E-state index contributed by atoms with van der Waals surface area (Å²) in [5, 5.41) is 12.5. The van der Waals surface area contributed by atoms with Gasteiger partial charge in [-0.1, -0.05) is 0 Å². The van der Waals surface area contributed by atoms with Gasteiger partial charge in [-0.3, -0.25) is 4.79 Å². The van der Waals surface area contributed by atoms with Crippen molar-refractivity contribution in [3.63, 3.8) is 0 Å². The van der Waals surface area contributed by atoms with Crippen molar-refractivity contribution in [2.75, 3.05) is 18.8 Å². The van der Waals surface area contributed by atoms with E-state index < -0.39 is 5.97 Å². The molecule has 0 aromatic heterocycles. The topological polar surface area (TPSA) is 49.3 Å². The number of carboxylic acid groups (broad SMARTS) is 1. The van der Waals surface area contributed by atoms with Crippen LogP contribution in [-0.2, 0) is 4.79 Å². The van der Waals surface area contributed by atoms with E-state index in [0.717, 1.165) is 24.8 Å². The summed E-state index contributed by atoms with van der Waals surface area (Å²) < 4.78 is 0. The Morgan fingerprint density at radius 3 is 3.08 bits per heavy atom. The van der Waals surface area contributed by atoms with Crippen LogP contribution in [0.3, 0.4) is 0 Å². The van der Waals surface area contributed by atoms with E-state index in [1.807, 2.05) is 11.8 Å². The maximum absolute atomic E-state index is 10.2. The van der Waals surface area contributed by atoms with Crippen molar-refractivity contribution < 1.29 is 9.90 Å². The summed E-state index contributed by atoms with van der Waals surface area (Å²) in [7, 11) is 0. The molecule has 1 aliphatic heterocycles. The summed E-state index contributed by atoms with van der Waals surface area (Å²) in [6.07, 6.45) is 3.68. The predicted molar refractivity (Wildman–Crippen MR) is 55.2 cm³/mol. The zero-order chi connectivity index (χ0) is 9.52. The van der Waals surface area contributed by atoms with Gasteiger partial charge in [0.25, 0.3) is 0 Å². The second-order valence-electron chi connectivity index (χ2n) is 3.34. The highest BCUT2D eigenvalue weighted by Gasteiger charge is 2.14. The lowest BCUT2D eigenvalue weighted by Gasteiger charge is -2.08. The van der Waals surface area contributed by atoms with Gasteiger partial charge in [0, 0.05) is 18.2 Å². The van der Waals surface area contributed by atoms with E-state index in [1.54, 1.807) is 0 Å². The first-order chi connectivity index (χ1) is 6.29. The molecule has 1 fully saturated rings. The highest BCUT2D eigenvalue weighted by Crippen LogP contribution is 2.25. The average molecular weight is 203 g/mol. The Bertz CT molecular complexity index is 158. The molecule has 76 valence electrons. The summed E-state index contributed by atoms with van der Waals surface area (Å²) >= 11 is 2.03. The number of carboxylic acids is 1. The molecule has 0 radical (unpaired) electrons. The highest BCUT2D eigenvalue weighted by molar-refractivity contribution is 8.00. The van der Waals surface area contributed by atoms with Gasteiger partial charge in [0.15, 0.2) is 0 Å². The summed E-state index contributed by atoms with van der Waals surface area (Å²) in [6, 6.07) is 0. The van der Waals surface area contributed by atoms with E-state index in [2.05, 4.69) is 5.32 Å². The van der Waals surface area contributed by atoms with Gasteiger partial charge in [-0.15, -0.1) is 0 Å². The van der Waals surface area contributed by atoms with E-state index in [9.17, 15) is 4.79 Å². The predicted octanol–water partition coefficient (Wildman–Crippen LogP) is 1.34. The number of hydrogen-bond donors (Lipinski definition) is 2. The van der Waals surface area contributed by atoms with Crippen molar-refractivity contribution >= 4 is 17.7 Å². The fraction of sp³-hybridized carbons (Fsp3) is 0.889. The van der Waals surface area contributed by atoms with Crippen LogP contribution in [0.1, 0.15) is 25.7 Å². The summed E-state index contributed by atoms with van der Waals surface area (Å²) in [5.41, 5.74) is 0. The lowest BCUT2D eigenvalue weighted by atomic mass is 10.2. The van der Waals surface area contributed by atoms with Crippen LogP contribution in [0.2, 0.25) is 0 Å². The lowest BCUT2D eigenvalue weighted by molar-refractivity contribution is -0.137. The Morgan fingerprint density at radius 1 is 1.62 bits per heavy atom. The molecule has 0 spiro atoms. The minimum atomic E-state index is -0.697. The minimum absolute atomic E-state index is 0.283. The van der Waals surface area contributed by atoms with Gasteiger partial charge in [0.05, 0.1) is 0 Å². The van der Waals surface area contributed by atoms with Crippen LogP contribution in [0, 0.1) is 0 Å². The van der Waals surface area contributed by atoms with Gasteiger partial charge < -0.3 is 10.4 Å². The first-order valence-electron chi connectivity index (χ1n) is 4.83. The normalized spacial score (nSPS) is 22.0. The van der Waals surface area contributed by atoms with Crippen LogP contribution in [0.4, 0.5) is 0 Å². The Labute approximate surface area is 83.3 Å². The largest absolute Gasteiger partial charge is 0.481 e. The Balaban J connectivity index is 1.86.